The highest BCUT2D eigenvalue weighted by molar-refractivity contribution is 5.32. The molecule has 4 nitrogen and oxygen atoms in total. The molecule has 0 aliphatic heterocycles. The van der Waals surface area contributed by atoms with Crippen LogP contribution in [0, 0.1) is 0 Å². The Bertz CT molecular complexity index is 488. The lowest BCUT2D eigenvalue weighted by Gasteiger charge is -2.07. The molecule has 2 aromatic rings. The lowest BCUT2D eigenvalue weighted by atomic mass is 10.1. The van der Waals surface area contributed by atoms with Crippen LogP contribution >= 0.6 is 0 Å². The van der Waals surface area contributed by atoms with E-state index in [0.29, 0.717) is 0 Å². The number of rotatable bonds is 5. The monoisotopic (exact) mass is 245 g/mol. The highest BCUT2D eigenvalue weighted by Crippen LogP contribution is 2.22. The zero-order valence-electron chi connectivity index (χ0n) is 10.8. The average molecular weight is 245 g/mol. The Hall–Kier alpha value is -1.81. The Morgan fingerprint density at radius 2 is 2.00 bits per heavy atom. The molecule has 1 aromatic heterocycles. The largest absolute Gasteiger partial charge is 0.454 e. The quantitative estimate of drug-likeness (QED) is 0.880. The second-order valence-corrected chi connectivity index (χ2v) is 4.40. The van der Waals surface area contributed by atoms with Gasteiger partial charge >= 0.3 is 0 Å². The van der Waals surface area contributed by atoms with Crippen LogP contribution in [-0.2, 0) is 6.54 Å². The molecule has 2 N–H and O–H groups in total. The summed E-state index contributed by atoms with van der Waals surface area (Å²) in [6.45, 7) is 4.99. The van der Waals surface area contributed by atoms with E-state index in [1.165, 1.54) is 0 Å². The van der Waals surface area contributed by atoms with Crippen LogP contribution in [-0.4, -0.2) is 9.78 Å². The minimum atomic E-state index is 0.0476. The van der Waals surface area contributed by atoms with E-state index in [2.05, 4.69) is 12.0 Å². The van der Waals surface area contributed by atoms with Gasteiger partial charge in [0, 0.05) is 12.6 Å². The number of aryl methyl sites for hydroxylation is 1. The molecule has 96 valence electrons. The van der Waals surface area contributed by atoms with E-state index in [0.717, 1.165) is 30.0 Å². The molecule has 2 rings (SSSR count). The van der Waals surface area contributed by atoms with Gasteiger partial charge in [-0.3, -0.25) is 4.68 Å². The summed E-state index contributed by atoms with van der Waals surface area (Å²) in [5, 5.41) is 4.22. The topological polar surface area (TPSA) is 53.1 Å². The van der Waals surface area contributed by atoms with Crippen LogP contribution in [0.5, 0.6) is 11.5 Å². The number of hydrogen-bond donors (Lipinski definition) is 1. The summed E-state index contributed by atoms with van der Waals surface area (Å²) in [6.07, 6.45) is 4.70. The number of nitrogens with two attached hydrogens (primary N) is 1. The maximum absolute atomic E-state index is 5.80. The van der Waals surface area contributed by atoms with Crippen LogP contribution in [0.1, 0.15) is 31.9 Å². The summed E-state index contributed by atoms with van der Waals surface area (Å²) in [5.74, 6) is 1.56. The van der Waals surface area contributed by atoms with Crippen molar-refractivity contribution in [3.05, 3.63) is 42.2 Å². The number of hydrogen-bond acceptors (Lipinski definition) is 3. The number of ether oxygens (including phenoxy) is 1. The van der Waals surface area contributed by atoms with Crippen molar-refractivity contribution in [3.63, 3.8) is 0 Å². The molecule has 0 unspecified atom stereocenters. The fraction of sp³-hybridized carbons (Fsp3) is 0.357. The number of benzene rings is 1. The van der Waals surface area contributed by atoms with E-state index in [4.69, 9.17) is 10.5 Å². The molecule has 1 aromatic carbocycles. The van der Waals surface area contributed by atoms with Crippen molar-refractivity contribution < 1.29 is 4.74 Å². The Morgan fingerprint density at radius 3 is 2.61 bits per heavy atom. The van der Waals surface area contributed by atoms with Gasteiger partial charge in [-0.1, -0.05) is 19.1 Å². The maximum atomic E-state index is 5.80. The van der Waals surface area contributed by atoms with E-state index in [-0.39, 0.29) is 6.04 Å². The molecule has 1 heterocycles. The van der Waals surface area contributed by atoms with Gasteiger partial charge in [-0.15, -0.1) is 0 Å². The van der Waals surface area contributed by atoms with Crippen LogP contribution < -0.4 is 10.5 Å². The van der Waals surface area contributed by atoms with Crippen molar-refractivity contribution in [1.29, 1.82) is 0 Å². The predicted molar refractivity (Wildman–Crippen MR) is 71.6 cm³/mol. The lowest BCUT2D eigenvalue weighted by molar-refractivity contribution is 0.480. The lowest BCUT2D eigenvalue weighted by Crippen LogP contribution is -2.04. The summed E-state index contributed by atoms with van der Waals surface area (Å²) < 4.78 is 7.60. The number of nitrogens with zero attached hydrogens (tertiary/aromatic N) is 2. The second-order valence-electron chi connectivity index (χ2n) is 4.40. The third-order valence-electron chi connectivity index (χ3n) is 2.70. The predicted octanol–water partition coefficient (Wildman–Crippen LogP) is 3.11. The molecular weight excluding hydrogens is 226 g/mol. The van der Waals surface area contributed by atoms with Crippen LogP contribution in [0.4, 0.5) is 0 Å². The highest BCUT2D eigenvalue weighted by Gasteiger charge is 2.02. The van der Waals surface area contributed by atoms with E-state index in [1.54, 1.807) is 6.20 Å². The summed E-state index contributed by atoms with van der Waals surface area (Å²) in [5.41, 5.74) is 6.90. The van der Waals surface area contributed by atoms with Gasteiger partial charge in [0.15, 0.2) is 5.75 Å². The van der Waals surface area contributed by atoms with Crippen molar-refractivity contribution >= 4 is 0 Å². The third kappa shape index (κ3) is 3.11. The molecule has 0 aliphatic carbocycles. The maximum Gasteiger partial charge on any atom is 0.165 e. The van der Waals surface area contributed by atoms with Gasteiger partial charge in [0.05, 0.1) is 12.4 Å². The molecule has 0 amide bonds. The number of aromatic nitrogens is 2. The fourth-order valence-electron chi connectivity index (χ4n) is 1.72. The third-order valence-corrected chi connectivity index (χ3v) is 2.70. The first-order chi connectivity index (χ1) is 8.69. The Kier molecular flexibility index (Phi) is 3.99. The molecular formula is C14H19N3O. The Balaban J connectivity index is 2.03. The van der Waals surface area contributed by atoms with Crippen molar-refractivity contribution in [2.75, 3.05) is 0 Å². The zero-order chi connectivity index (χ0) is 13.0. The van der Waals surface area contributed by atoms with Gasteiger partial charge in [0.1, 0.15) is 5.75 Å². The van der Waals surface area contributed by atoms with Crippen molar-refractivity contribution in [3.8, 4) is 11.5 Å². The summed E-state index contributed by atoms with van der Waals surface area (Å²) in [4.78, 5) is 0. The molecule has 0 aliphatic rings. The van der Waals surface area contributed by atoms with E-state index >= 15 is 0 Å². The molecule has 1 atom stereocenters. The van der Waals surface area contributed by atoms with E-state index in [9.17, 15) is 0 Å². The minimum absolute atomic E-state index is 0.0476. The van der Waals surface area contributed by atoms with Gasteiger partial charge in [-0.25, -0.2) is 0 Å². The van der Waals surface area contributed by atoms with Gasteiger partial charge < -0.3 is 10.5 Å². The van der Waals surface area contributed by atoms with Gasteiger partial charge in [0.25, 0.3) is 0 Å². The van der Waals surface area contributed by atoms with Crippen LogP contribution in [0.15, 0.2) is 36.7 Å². The first kappa shape index (κ1) is 12.6. The second kappa shape index (κ2) is 5.69. The smallest absolute Gasteiger partial charge is 0.165 e. The molecule has 0 fully saturated rings. The van der Waals surface area contributed by atoms with E-state index < -0.39 is 0 Å². The molecule has 0 spiro atoms. The molecule has 0 bridgehead atoms. The van der Waals surface area contributed by atoms with Gasteiger partial charge in [-0.05, 0) is 31.0 Å². The van der Waals surface area contributed by atoms with Crippen molar-refractivity contribution in [2.45, 2.75) is 32.9 Å². The molecule has 18 heavy (non-hydrogen) atoms. The van der Waals surface area contributed by atoms with Gasteiger partial charge in [-0.2, -0.15) is 5.10 Å². The summed E-state index contributed by atoms with van der Waals surface area (Å²) >= 11 is 0. The summed E-state index contributed by atoms with van der Waals surface area (Å²) in [7, 11) is 0. The van der Waals surface area contributed by atoms with Crippen LogP contribution in [0.3, 0.4) is 0 Å². The van der Waals surface area contributed by atoms with Gasteiger partial charge in [0.2, 0.25) is 0 Å². The standard InChI is InChI=1S/C14H19N3O/c1-3-8-17-10-14(9-16-17)18-13-6-4-12(5-7-13)11(2)15/h4-7,9-11H,3,8,15H2,1-2H3/t11-/m0/s1. The first-order valence-corrected chi connectivity index (χ1v) is 6.25. The summed E-state index contributed by atoms with van der Waals surface area (Å²) in [6, 6.07) is 7.87. The first-order valence-electron chi connectivity index (χ1n) is 6.25. The minimum Gasteiger partial charge on any atom is -0.454 e. The fourth-order valence-corrected chi connectivity index (χ4v) is 1.72. The van der Waals surface area contributed by atoms with Crippen LogP contribution in [0.25, 0.3) is 0 Å². The zero-order valence-corrected chi connectivity index (χ0v) is 10.8. The Morgan fingerprint density at radius 1 is 1.28 bits per heavy atom. The highest BCUT2D eigenvalue weighted by atomic mass is 16.5. The Labute approximate surface area is 107 Å². The normalized spacial score (nSPS) is 12.4. The molecule has 0 saturated heterocycles. The van der Waals surface area contributed by atoms with Crippen molar-refractivity contribution in [1.82, 2.24) is 9.78 Å². The molecule has 0 radical (unpaired) electrons. The van der Waals surface area contributed by atoms with Crippen molar-refractivity contribution in [2.24, 2.45) is 5.73 Å². The molecule has 4 heteroatoms. The average Bonchev–Trinajstić information content (AvgIpc) is 2.78. The molecule has 0 saturated carbocycles. The van der Waals surface area contributed by atoms with Crippen LogP contribution in [0.2, 0.25) is 0 Å². The van der Waals surface area contributed by atoms with E-state index in [1.807, 2.05) is 42.1 Å². The SMILES string of the molecule is CCCn1cc(Oc2ccc([C@H](C)N)cc2)cn1.